The highest BCUT2D eigenvalue weighted by molar-refractivity contribution is 6.42. The molecule has 0 aliphatic carbocycles. The van der Waals surface area contributed by atoms with Gasteiger partial charge in [-0.3, -0.25) is 59.8 Å². The predicted octanol–water partition coefficient (Wildman–Crippen LogP) is 6.53. The van der Waals surface area contributed by atoms with Gasteiger partial charge in [-0.2, -0.15) is 0 Å². The van der Waals surface area contributed by atoms with Crippen molar-refractivity contribution in [3.63, 3.8) is 0 Å². The summed E-state index contributed by atoms with van der Waals surface area (Å²) in [6.45, 7) is 1.64. The average Bonchev–Trinajstić information content (AvgIpc) is 3.62. The number of hydrogen-bond acceptors (Lipinski definition) is 11. The first-order chi connectivity index (χ1) is 25.0. The molecule has 4 aromatic rings. The number of fused-ring (bicyclic) bond motifs is 1. The van der Waals surface area contributed by atoms with E-state index in [0.29, 0.717) is 6.07 Å². The molecule has 17 heteroatoms. The van der Waals surface area contributed by atoms with Gasteiger partial charge in [-0.1, -0.05) is 42.5 Å². The zero-order valence-electron chi connectivity index (χ0n) is 26.9. The summed E-state index contributed by atoms with van der Waals surface area (Å²) in [7, 11) is 0. The molecule has 3 aliphatic rings. The molecule has 3 aliphatic heterocycles. The van der Waals surface area contributed by atoms with Crippen LogP contribution in [-0.4, -0.2) is 44.6 Å². The van der Waals surface area contributed by atoms with E-state index in [1.807, 2.05) is 0 Å². The Bertz CT molecular complexity index is 2300. The number of nitrogens with zero attached hydrogens (tertiary/aromatic N) is 7. The van der Waals surface area contributed by atoms with Gasteiger partial charge in [0.1, 0.15) is 11.4 Å². The van der Waals surface area contributed by atoms with Gasteiger partial charge in [0.05, 0.1) is 54.4 Å². The number of rotatable bonds is 9. The van der Waals surface area contributed by atoms with E-state index in [-0.39, 0.29) is 45.0 Å². The monoisotopic (exact) mass is 703 g/mol. The molecule has 0 bridgehead atoms. The lowest BCUT2D eigenvalue weighted by molar-refractivity contribution is -0.393. The van der Waals surface area contributed by atoms with Gasteiger partial charge in [-0.05, 0) is 54.7 Å². The first-order valence-electron chi connectivity index (χ1n) is 15.9. The van der Waals surface area contributed by atoms with Crippen LogP contribution < -0.4 is 14.7 Å². The molecule has 1 fully saturated rings. The zero-order chi connectivity index (χ0) is 36.8. The Balaban J connectivity index is 1.52. The molecule has 4 aromatic carbocycles. The van der Waals surface area contributed by atoms with Crippen LogP contribution in [0.5, 0.6) is 0 Å². The van der Waals surface area contributed by atoms with Crippen molar-refractivity contribution in [3.05, 3.63) is 154 Å². The normalized spacial score (nSPS) is 15.7. The van der Waals surface area contributed by atoms with Crippen LogP contribution in [0, 0.1) is 40.5 Å². The summed E-state index contributed by atoms with van der Waals surface area (Å²) in [5, 5.41) is 47.8. The summed E-state index contributed by atoms with van der Waals surface area (Å²) < 4.78 is 0. The van der Waals surface area contributed by atoms with Crippen molar-refractivity contribution in [2.45, 2.75) is 19.3 Å². The third-order valence-corrected chi connectivity index (χ3v) is 9.13. The number of amides is 2. The molecule has 0 atom stereocenters. The van der Waals surface area contributed by atoms with Crippen LogP contribution in [0.3, 0.4) is 0 Å². The van der Waals surface area contributed by atoms with Gasteiger partial charge < -0.3 is 4.90 Å². The molecule has 0 N–H and O–H groups in total. The van der Waals surface area contributed by atoms with Crippen molar-refractivity contribution in [2.75, 3.05) is 27.8 Å². The topological polar surface area (TPSA) is 216 Å². The average molecular weight is 704 g/mol. The van der Waals surface area contributed by atoms with Crippen molar-refractivity contribution in [1.82, 2.24) is 0 Å². The van der Waals surface area contributed by atoms with E-state index < -0.39 is 54.3 Å². The molecule has 0 aromatic heterocycles. The van der Waals surface area contributed by atoms with Gasteiger partial charge >= 0.3 is 0 Å². The summed E-state index contributed by atoms with van der Waals surface area (Å²) in [4.78, 5) is 78.1. The summed E-state index contributed by atoms with van der Waals surface area (Å²) in [6, 6.07) is 20.4. The molecule has 52 heavy (non-hydrogen) atoms. The molecule has 2 amide bonds. The zero-order valence-corrected chi connectivity index (χ0v) is 26.9. The fourth-order valence-corrected chi connectivity index (χ4v) is 6.81. The second-order valence-electron chi connectivity index (χ2n) is 12.1. The van der Waals surface area contributed by atoms with Gasteiger partial charge in [0.25, 0.3) is 34.6 Å². The Morgan fingerprint density at radius 3 is 1.37 bits per heavy atom. The Kier molecular flexibility index (Phi) is 8.22. The van der Waals surface area contributed by atoms with Crippen molar-refractivity contribution < 1.29 is 29.3 Å². The van der Waals surface area contributed by atoms with E-state index in [1.54, 1.807) is 54.6 Å². The third kappa shape index (κ3) is 5.45. The Labute approximate surface area is 292 Å². The van der Waals surface area contributed by atoms with Crippen LogP contribution in [0.4, 0.5) is 39.8 Å². The molecule has 0 unspecified atom stereocenters. The van der Waals surface area contributed by atoms with Crippen molar-refractivity contribution in [1.29, 1.82) is 0 Å². The number of hydrogen-bond donors (Lipinski definition) is 0. The lowest BCUT2D eigenvalue weighted by Gasteiger charge is -2.29. The summed E-state index contributed by atoms with van der Waals surface area (Å²) in [6.07, 6.45) is 3.09. The molecule has 17 nitrogen and oxygen atoms in total. The molecule has 0 spiro atoms. The first-order valence-corrected chi connectivity index (χ1v) is 15.9. The Morgan fingerprint density at radius 1 is 0.500 bits per heavy atom. The maximum atomic E-state index is 14.8. The quantitative estimate of drug-likeness (QED) is 0.135. The third-order valence-electron chi connectivity index (χ3n) is 9.13. The molecule has 7 rings (SSSR count). The molecule has 0 saturated carbocycles. The molecular weight excluding hydrogens is 678 g/mol. The van der Waals surface area contributed by atoms with Gasteiger partial charge in [0, 0.05) is 30.9 Å². The van der Waals surface area contributed by atoms with Crippen molar-refractivity contribution >= 4 is 63.0 Å². The number of nitro groups is 4. The van der Waals surface area contributed by atoms with Crippen LogP contribution in [0.25, 0.3) is 11.4 Å². The van der Waals surface area contributed by atoms with E-state index in [9.17, 15) is 50.0 Å². The molecule has 0 radical (unpaired) electrons. The van der Waals surface area contributed by atoms with Gasteiger partial charge in [0.15, 0.2) is 0 Å². The van der Waals surface area contributed by atoms with Gasteiger partial charge in [-0.25, -0.2) is 0 Å². The maximum absolute atomic E-state index is 14.8. The minimum Gasteiger partial charge on any atom is -0.372 e. The Hall–Kier alpha value is -7.30. The van der Waals surface area contributed by atoms with Crippen molar-refractivity contribution in [2.24, 2.45) is 0 Å². The number of piperidine rings is 1. The fraction of sp³-hybridized carbons (Fsp3) is 0.143. The number of nitro benzene ring substituents is 4. The van der Waals surface area contributed by atoms with Crippen LogP contribution in [0.2, 0.25) is 0 Å². The highest BCUT2D eigenvalue weighted by Crippen LogP contribution is 2.52. The SMILES string of the molecule is O=C1C2=C(c3ccc(N4CCCCC4)cc3)N(c3ccc([N+](=O)[O-])cc3[N+](=O)[O-])C(=O)C2=C(c2ccccc2)N1c1ccc([N+](=O)[O-])cc1[N+](=O)[O-]. The van der Waals surface area contributed by atoms with E-state index in [1.165, 1.54) is 0 Å². The number of non-ortho nitro benzene ring substituents is 2. The fourth-order valence-electron chi connectivity index (χ4n) is 6.81. The largest absolute Gasteiger partial charge is 0.372 e. The standard InChI is InChI=1S/C35H25N7O10/c43-34-30-31(35(44)37(32(30)21-7-3-1-4-8-21)26-15-13-24(39(45)46)19-28(26)41(49)50)33(22-9-11-23(12-10-22)36-17-5-2-6-18-36)38(34)27-16-14-25(40(47)48)20-29(27)42(51)52/h1,3-4,7-16,19-20H,2,5-6,17-18H2. The molecule has 1 saturated heterocycles. The van der Waals surface area contributed by atoms with E-state index >= 15 is 0 Å². The minimum atomic E-state index is -0.915. The molecular formula is C35H25N7O10. The van der Waals surface area contributed by atoms with Gasteiger partial charge in [-0.15, -0.1) is 0 Å². The maximum Gasteiger partial charge on any atom is 0.300 e. The Morgan fingerprint density at radius 2 is 0.942 bits per heavy atom. The number of benzene rings is 4. The van der Waals surface area contributed by atoms with E-state index in [2.05, 4.69) is 4.90 Å². The number of anilines is 3. The molecule has 260 valence electrons. The number of carbonyl (C=O) groups is 2. The lowest BCUT2D eigenvalue weighted by atomic mass is 10.0. The summed E-state index contributed by atoms with van der Waals surface area (Å²) in [5.41, 5.74) is -2.71. The van der Waals surface area contributed by atoms with Crippen LogP contribution in [0.15, 0.2) is 102 Å². The highest BCUT2D eigenvalue weighted by atomic mass is 16.6. The second kappa shape index (κ2) is 12.9. The van der Waals surface area contributed by atoms with Crippen LogP contribution in [-0.2, 0) is 9.59 Å². The lowest BCUT2D eigenvalue weighted by Crippen LogP contribution is -2.31. The van der Waals surface area contributed by atoms with E-state index in [4.69, 9.17) is 0 Å². The van der Waals surface area contributed by atoms with Crippen LogP contribution >= 0.6 is 0 Å². The number of carbonyl (C=O) groups excluding carboxylic acids is 2. The summed E-state index contributed by atoms with van der Waals surface area (Å²) in [5.74, 6) is -1.83. The molecule has 3 heterocycles. The highest BCUT2D eigenvalue weighted by Gasteiger charge is 2.52. The predicted molar refractivity (Wildman–Crippen MR) is 187 cm³/mol. The smallest absolute Gasteiger partial charge is 0.300 e. The van der Waals surface area contributed by atoms with Crippen LogP contribution in [0.1, 0.15) is 30.4 Å². The second-order valence-corrected chi connectivity index (χ2v) is 12.1. The summed E-state index contributed by atoms with van der Waals surface area (Å²) >= 11 is 0. The van der Waals surface area contributed by atoms with Gasteiger partial charge in [0.2, 0.25) is 0 Å². The minimum absolute atomic E-state index is 0.0901. The first kappa shape index (κ1) is 33.2. The van der Waals surface area contributed by atoms with E-state index in [0.717, 1.165) is 78.2 Å². The van der Waals surface area contributed by atoms with Crippen molar-refractivity contribution in [3.8, 4) is 0 Å².